The van der Waals surface area contributed by atoms with Crippen molar-refractivity contribution >= 4 is 53.8 Å². The molecule has 0 saturated heterocycles. The summed E-state index contributed by atoms with van der Waals surface area (Å²) in [5.41, 5.74) is 3.97. The molecule has 0 amide bonds. The van der Waals surface area contributed by atoms with Crippen LogP contribution < -0.4 is 5.32 Å². The molecule has 1 aromatic carbocycles. The molecule has 150 valence electrons. The summed E-state index contributed by atoms with van der Waals surface area (Å²) in [6.45, 7) is 0.965. The molecule has 29 heavy (non-hydrogen) atoms. The highest BCUT2D eigenvalue weighted by atomic mass is 79.9. The summed E-state index contributed by atoms with van der Waals surface area (Å²) >= 11 is 5.13. The lowest BCUT2D eigenvalue weighted by atomic mass is 9.85. The van der Waals surface area contributed by atoms with Gasteiger partial charge in [0.1, 0.15) is 5.52 Å². The van der Waals surface area contributed by atoms with Crippen LogP contribution in [0.15, 0.2) is 41.3 Å². The van der Waals surface area contributed by atoms with E-state index in [2.05, 4.69) is 54.0 Å². The number of anilines is 1. The number of aliphatic hydroxyl groups is 1. The highest BCUT2D eigenvalue weighted by molar-refractivity contribution is 9.10. The Hall–Kier alpha value is -2.03. The molecule has 3 aromatic heterocycles. The van der Waals surface area contributed by atoms with Crippen molar-refractivity contribution in [2.75, 3.05) is 11.9 Å². The summed E-state index contributed by atoms with van der Waals surface area (Å²) in [6.07, 6.45) is 8.26. The van der Waals surface area contributed by atoms with E-state index in [1.54, 1.807) is 17.5 Å². The zero-order valence-corrected chi connectivity index (χ0v) is 18.3. The first kappa shape index (κ1) is 19.0. The SMILES string of the molecule is OC[C@H]1CCCC[C@H]1Nc1nc2ccc(Cn3cnc4cc(Br)cnc43)cc2s1. The van der Waals surface area contributed by atoms with Crippen molar-refractivity contribution in [2.24, 2.45) is 5.92 Å². The molecule has 0 radical (unpaired) electrons. The number of aliphatic hydroxyl groups excluding tert-OH is 1. The molecule has 0 unspecified atom stereocenters. The number of hydrogen-bond acceptors (Lipinski definition) is 6. The molecule has 1 saturated carbocycles. The third kappa shape index (κ3) is 3.89. The van der Waals surface area contributed by atoms with Crippen molar-refractivity contribution in [3.63, 3.8) is 0 Å². The molecule has 2 atom stereocenters. The highest BCUT2D eigenvalue weighted by Crippen LogP contribution is 2.32. The van der Waals surface area contributed by atoms with Crippen LogP contribution in [-0.4, -0.2) is 37.3 Å². The van der Waals surface area contributed by atoms with Gasteiger partial charge in [0.2, 0.25) is 0 Å². The maximum atomic E-state index is 9.66. The van der Waals surface area contributed by atoms with Crippen molar-refractivity contribution < 1.29 is 5.11 Å². The Balaban J connectivity index is 1.37. The summed E-state index contributed by atoms with van der Waals surface area (Å²) in [4.78, 5) is 13.7. The molecule has 1 aliphatic rings. The number of pyridine rings is 1. The smallest absolute Gasteiger partial charge is 0.184 e. The Morgan fingerprint density at radius 3 is 2.97 bits per heavy atom. The first-order chi connectivity index (χ1) is 14.2. The fourth-order valence-corrected chi connectivity index (χ4v) is 5.45. The molecule has 1 aliphatic carbocycles. The Bertz CT molecular complexity index is 1160. The van der Waals surface area contributed by atoms with Gasteiger partial charge in [-0.3, -0.25) is 0 Å². The van der Waals surface area contributed by atoms with Gasteiger partial charge in [-0.05, 0) is 52.5 Å². The fourth-order valence-electron chi connectivity index (χ4n) is 4.14. The van der Waals surface area contributed by atoms with Crippen LogP contribution in [0.5, 0.6) is 0 Å². The molecule has 3 heterocycles. The standard InChI is InChI=1S/C21H22BrN5OS/c22-15-8-18-20(23-9-15)27(12-24-18)10-13-5-6-17-19(7-13)29-21(26-17)25-16-4-2-1-3-14(16)11-28/h5-9,12,14,16,28H,1-4,10-11H2,(H,25,26)/t14-,16-/m1/s1. The van der Waals surface area contributed by atoms with Crippen LogP contribution in [0, 0.1) is 5.92 Å². The van der Waals surface area contributed by atoms with Gasteiger partial charge in [-0.15, -0.1) is 0 Å². The molecule has 0 bridgehead atoms. The Morgan fingerprint density at radius 1 is 1.17 bits per heavy atom. The number of imidazole rings is 1. The lowest BCUT2D eigenvalue weighted by Crippen LogP contribution is -2.34. The lowest BCUT2D eigenvalue weighted by molar-refractivity contribution is 0.178. The van der Waals surface area contributed by atoms with Gasteiger partial charge in [0.05, 0.1) is 23.1 Å². The average Bonchev–Trinajstić information content (AvgIpc) is 3.31. The van der Waals surface area contributed by atoms with E-state index in [4.69, 9.17) is 4.98 Å². The molecular weight excluding hydrogens is 450 g/mol. The quantitative estimate of drug-likeness (QED) is 0.436. The monoisotopic (exact) mass is 471 g/mol. The van der Waals surface area contributed by atoms with Gasteiger partial charge < -0.3 is 15.0 Å². The zero-order valence-electron chi connectivity index (χ0n) is 15.9. The summed E-state index contributed by atoms with van der Waals surface area (Å²) < 4.78 is 4.17. The number of halogens is 1. The molecular formula is C21H22BrN5OS. The van der Waals surface area contributed by atoms with Crippen LogP contribution in [-0.2, 0) is 6.54 Å². The number of fused-ring (bicyclic) bond motifs is 2. The molecule has 5 rings (SSSR count). The van der Waals surface area contributed by atoms with E-state index in [1.165, 1.54) is 23.1 Å². The van der Waals surface area contributed by atoms with Crippen molar-refractivity contribution in [3.05, 3.63) is 46.8 Å². The Morgan fingerprint density at radius 2 is 2.07 bits per heavy atom. The predicted octanol–water partition coefficient (Wildman–Crippen LogP) is 4.81. The van der Waals surface area contributed by atoms with Gasteiger partial charge in [0.15, 0.2) is 10.8 Å². The maximum Gasteiger partial charge on any atom is 0.184 e. The van der Waals surface area contributed by atoms with E-state index in [0.29, 0.717) is 12.0 Å². The second-order valence-electron chi connectivity index (χ2n) is 7.67. The number of thiazole rings is 1. The molecule has 2 N–H and O–H groups in total. The predicted molar refractivity (Wildman–Crippen MR) is 120 cm³/mol. The summed E-state index contributed by atoms with van der Waals surface area (Å²) in [7, 11) is 0. The summed E-state index contributed by atoms with van der Waals surface area (Å²) in [5.74, 6) is 0.327. The van der Waals surface area contributed by atoms with Crippen molar-refractivity contribution in [3.8, 4) is 0 Å². The van der Waals surface area contributed by atoms with Crippen LogP contribution in [0.4, 0.5) is 5.13 Å². The van der Waals surface area contributed by atoms with E-state index in [9.17, 15) is 5.11 Å². The number of benzene rings is 1. The second kappa shape index (κ2) is 8.01. The molecule has 4 aromatic rings. The molecule has 1 fully saturated rings. The van der Waals surface area contributed by atoms with Gasteiger partial charge in [-0.1, -0.05) is 30.2 Å². The molecule has 6 nitrogen and oxygen atoms in total. The van der Waals surface area contributed by atoms with Crippen LogP contribution in [0.25, 0.3) is 21.4 Å². The summed E-state index contributed by atoms with van der Waals surface area (Å²) in [6, 6.07) is 8.70. The van der Waals surface area contributed by atoms with E-state index in [-0.39, 0.29) is 6.61 Å². The number of hydrogen-bond donors (Lipinski definition) is 2. The van der Waals surface area contributed by atoms with Gasteiger partial charge in [-0.25, -0.2) is 15.0 Å². The zero-order chi connectivity index (χ0) is 19.8. The average molecular weight is 472 g/mol. The molecule has 0 spiro atoms. The minimum Gasteiger partial charge on any atom is -0.396 e. The number of nitrogens with one attached hydrogen (secondary N) is 1. The normalized spacial score (nSPS) is 19.8. The van der Waals surface area contributed by atoms with Crippen LogP contribution in [0.2, 0.25) is 0 Å². The minimum absolute atomic E-state index is 0.246. The lowest BCUT2D eigenvalue weighted by Gasteiger charge is -2.30. The van der Waals surface area contributed by atoms with Gasteiger partial charge >= 0.3 is 0 Å². The van der Waals surface area contributed by atoms with Crippen molar-refractivity contribution in [1.29, 1.82) is 0 Å². The van der Waals surface area contributed by atoms with Gasteiger partial charge in [0, 0.05) is 29.2 Å². The first-order valence-electron chi connectivity index (χ1n) is 9.93. The number of rotatable bonds is 5. The Kier molecular flexibility index (Phi) is 5.24. The Labute approximate surface area is 181 Å². The highest BCUT2D eigenvalue weighted by Gasteiger charge is 2.25. The van der Waals surface area contributed by atoms with Crippen molar-refractivity contribution in [2.45, 2.75) is 38.3 Å². The second-order valence-corrected chi connectivity index (χ2v) is 9.61. The van der Waals surface area contributed by atoms with E-state index in [1.807, 2.05) is 12.4 Å². The van der Waals surface area contributed by atoms with Crippen LogP contribution >= 0.6 is 27.3 Å². The van der Waals surface area contributed by atoms with E-state index in [0.717, 1.165) is 45.7 Å². The largest absolute Gasteiger partial charge is 0.396 e. The van der Waals surface area contributed by atoms with Gasteiger partial charge in [-0.2, -0.15) is 0 Å². The first-order valence-corrected chi connectivity index (χ1v) is 11.5. The van der Waals surface area contributed by atoms with Gasteiger partial charge in [0.25, 0.3) is 0 Å². The summed E-state index contributed by atoms with van der Waals surface area (Å²) in [5, 5.41) is 14.2. The fraction of sp³-hybridized carbons (Fsp3) is 0.381. The third-order valence-electron chi connectivity index (χ3n) is 5.68. The number of nitrogens with zero attached hydrogens (tertiary/aromatic N) is 4. The van der Waals surface area contributed by atoms with Crippen molar-refractivity contribution in [1.82, 2.24) is 19.5 Å². The molecule has 0 aliphatic heterocycles. The molecule has 8 heteroatoms. The minimum atomic E-state index is 0.246. The van der Waals surface area contributed by atoms with E-state index < -0.39 is 0 Å². The number of aromatic nitrogens is 4. The third-order valence-corrected chi connectivity index (χ3v) is 7.06. The van der Waals surface area contributed by atoms with Crippen LogP contribution in [0.3, 0.4) is 0 Å². The van der Waals surface area contributed by atoms with Crippen LogP contribution in [0.1, 0.15) is 31.2 Å². The van der Waals surface area contributed by atoms with E-state index >= 15 is 0 Å². The topological polar surface area (TPSA) is 75.9 Å². The maximum absolute atomic E-state index is 9.66.